The Balaban J connectivity index is 2.54. The van der Waals surface area contributed by atoms with Gasteiger partial charge in [-0.15, -0.1) is 0 Å². The molecular weight excluding hydrogens is 185 g/mol. The van der Waals surface area contributed by atoms with Crippen molar-refractivity contribution in [1.29, 1.82) is 0 Å². The summed E-state index contributed by atoms with van der Waals surface area (Å²) in [6.07, 6.45) is -3.22. The molecule has 1 heterocycles. The molecule has 1 fully saturated rings. The highest BCUT2D eigenvalue weighted by Gasteiger charge is 2.37. The molecule has 0 saturated carbocycles. The molecule has 1 rings (SSSR count). The lowest BCUT2D eigenvalue weighted by atomic mass is 10.2. The van der Waals surface area contributed by atoms with Crippen molar-refractivity contribution < 1.29 is 18.0 Å². The minimum absolute atomic E-state index is 0.299. The summed E-state index contributed by atoms with van der Waals surface area (Å²) >= 11 is 0. The fourth-order valence-electron chi connectivity index (χ4n) is 1.57. The van der Waals surface area contributed by atoms with Crippen molar-refractivity contribution in [3.05, 3.63) is 0 Å². The topological polar surface area (TPSA) is 46.3 Å². The monoisotopic (exact) mass is 196 g/mol. The molecule has 0 radical (unpaired) electrons. The Hall–Kier alpha value is -0.780. The standard InChI is InChI=1S/C7H11F3N2O/c8-7(9,10)4-12-3-1-2-5(12)6(11)13/h5H,1-4H2,(H2,11,13)/t5-/m0/s1. The van der Waals surface area contributed by atoms with Crippen LogP contribution in [0.15, 0.2) is 0 Å². The van der Waals surface area contributed by atoms with Gasteiger partial charge in [0.1, 0.15) is 0 Å². The van der Waals surface area contributed by atoms with Crippen LogP contribution in [0.3, 0.4) is 0 Å². The molecule has 1 amide bonds. The van der Waals surface area contributed by atoms with E-state index in [0.717, 1.165) is 4.90 Å². The van der Waals surface area contributed by atoms with Crippen LogP contribution in [0.25, 0.3) is 0 Å². The number of nitrogens with zero attached hydrogens (tertiary/aromatic N) is 1. The van der Waals surface area contributed by atoms with Crippen molar-refractivity contribution in [2.45, 2.75) is 25.1 Å². The third-order valence-corrected chi connectivity index (χ3v) is 2.07. The second kappa shape index (κ2) is 3.53. The highest BCUT2D eigenvalue weighted by Crippen LogP contribution is 2.23. The number of hydrogen-bond acceptors (Lipinski definition) is 2. The number of likely N-dealkylation sites (tertiary alicyclic amines) is 1. The summed E-state index contributed by atoms with van der Waals surface area (Å²) in [6.45, 7) is -0.742. The molecule has 1 aliphatic heterocycles. The number of carbonyl (C=O) groups is 1. The zero-order chi connectivity index (χ0) is 10.1. The van der Waals surface area contributed by atoms with E-state index in [1.165, 1.54) is 0 Å². The average molecular weight is 196 g/mol. The number of alkyl halides is 3. The van der Waals surface area contributed by atoms with E-state index in [4.69, 9.17) is 5.73 Å². The number of primary amides is 1. The van der Waals surface area contributed by atoms with Crippen molar-refractivity contribution >= 4 is 5.91 Å². The molecule has 1 atom stereocenters. The van der Waals surface area contributed by atoms with Gasteiger partial charge in [-0.3, -0.25) is 9.69 Å². The Morgan fingerprint density at radius 1 is 1.54 bits per heavy atom. The van der Waals surface area contributed by atoms with E-state index < -0.39 is 24.7 Å². The maximum Gasteiger partial charge on any atom is 0.401 e. The van der Waals surface area contributed by atoms with Crippen LogP contribution in [0.4, 0.5) is 13.2 Å². The lowest BCUT2D eigenvalue weighted by Crippen LogP contribution is -2.44. The smallest absolute Gasteiger partial charge is 0.368 e. The predicted octanol–water partition coefficient (Wildman–Crippen LogP) is 0.498. The van der Waals surface area contributed by atoms with Gasteiger partial charge in [-0.1, -0.05) is 0 Å². The maximum atomic E-state index is 12.0. The summed E-state index contributed by atoms with van der Waals surface area (Å²) in [5.41, 5.74) is 4.96. The van der Waals surface area contributed by atoms with Crippen molar-refractivity contribution in [3.63, 3.8) is 0 Å². The van der Waals surface area contributed by atoms with E-state index in [0.29, 0.717) is 19.4 Å². The van der Waals surface area contributed by atoms with E-state index >= 15 is 0 Å². The number of nitrogens with two attached hydrogens (primary N) is 1. The number of hydrogen-bond donors (Lipinski definition) is 1. The first-order valence-corrected chi connectivity index (χ1v) is 4.00. The minimum atomic E-state index is -4.25. The van der Waals surface area contributed by atoms with Gasteiger partial charge in [-0.05, 0) is 19.4 Å². The van der Waals surface area contributed by atoms with Crippen LogP contribution in [-0.4, -0.2) is 36.1 Å². The first-order chi connectivity index (χ1) is 5.90. The quantitative estimate of drug-likeness (QED) is 0.699. The third-order valence-electron chi connectivity index (χ3n) is 2.07. The number of rotatable bonds is 2. The van der Waals surface area contributed by atoms with Crippen LogP contribution < -0.4 is 5.73 Å². The fraction of sp³-hybridized carbons (Fsp3) is 0.857. The highest BCUT2D eigenvalue weighted by atomic mass is 19.4. The minimum Gasteiger partial charge on any atom is -0.368 e. The Labute approximate surface area is 73.7 Å². The highest BCUT2D eigenvalue weighted by molar-refractivity contribution is 5.80. The Bertz CT molecular complexity index is 204. The Morgan fingerprint density at radius 3 is 2.62 bits per heavy atom. The van der Waals surface area contributed by atoms with Crippen LogP contribution >= 0.6 is 0 Å². The van der Waals surface area contributed by atoms with Crippen molar-refractivity contribution in [3.8, 4) is 0 Å². The van der Waals surface area contributed by atoms with Gasteiger partial charge in [-0.25, -0.2) is 0 Å². The molecular formula is C7H11F3N2O. The third kappa shape index (κ3) is 2.87. The van der Waals surface area contributed by atoms with Crippen LogP contribution in [0.1, 0.15) is 12.8 Å². The molecule has 6 heteroatoms. The zero-order valence-corrected chi connectivity index (χ0v) is 6.97. The molecule has 0 unspecified atom stereocenters. The number of amides is 1. The predicted molar refractivity (Wildman–Crippen MR) is 39.8 cm³/mol. The molecule has 0 aromatic heterocycles. The Morgan fingerprint density at radius 2 is 2.15 bits per heavy atom. The normalized spacial score (nSPS) is 25.0. The second-order valence-corrected chi connectivity index (χ2v) is 3.15. The van der Waals surface area contributed by atoms with Gasteiger partial charge < -0.3 is 5.73 Å². The molecule has 0 spiro atoms. The number of carbonyl (C=O) groups excluding carboxylic acids is 1. The van der Waals surface area contributed by atoms with Gasteiger partial charge in [-0.2, -0.15) is 13.2 Å². The lowest BCUT2D eigenvalue weighted by molar-refractivity contribution is -0.150. The Kier molecular flexibility index (Phi) is 2.80. The molecule has 0 aliphatic carbocycles. The largest absolute Gasteiger partial charge is 0.401 e. The van der Waals surface area contributed by atoms with Gasteiger partial charge in [0.2, 0.25) is 5.91 Å². The van der Waals surface area contributed by atoms with Crippen LogP contribution in [0, 0.1) is 0 Å². The molecule has 1 aliphatic rings. The zero-order valence-electron chi connectivity index (χ0n) is 6.97. The summed E-state index contributed by atoms with van der Waals surface area (Å²) < 4.78 is 35.9. The van der Waals surface area contributed by atoms with E-state index in [9.17, 15) is 18.0 Å². The van der Waals surface area contributed by atoms with Gasteiger partial charge in [0, 0.05) is 0 Å². The first-order valence-electron chi connectivity index (χ1n) is 4.00. The van der Waals surface area contributed by atoms with Gasteiger partial charge >= 0.3 is 6.18 Å². The second-order valence-electron chi connectivity index (χ2n) is 3.15. The summed E-state index contributed by atoms with van der Waals surface area (Å²) in [6, 6.07) is -0.735. The van der Waals surface area contributed by atoms with Crippen LogP contribution in [0.2, 0.25) is 0 Å². The van der Waals surface area contributed by atoms with E-state index in [-0.39, 0.29) is 0 Å². The van der Waals surface area contributed by atoms with Gasteiger partial charge in [0.05, 0.1) is 12.6 Å². The van der Waals surface area contributed by atoms with Gasteiger partial charge in [0.25, 0.3) is 0 Å². The maximum absolute atomic E-state index is 12.0. The summed E-state index contributed by atoms with van der Waals surface area (Å²) in [5.74, 6) is -0.665. The lowest BCUT2D eigenvalue weighted by Gasteiger charge is -2.22. The first kappa shape index (κ1) is 10.3. The van der Waals surface area contributed by atoms with Crippen molar-refractivity contribution in [1.82, 2.24) is 4.90 Å². The van der Waals surface area contributed by atoms with Crippen LogP contribution in [-0.2, 0) is 4.79 Å². The van der Waals surface area contributed by atoms with Crippen LogP contribution in [0.5, 0.6) is 0 Å². The summed E-state index contributed by atoms with van der Waals surface area (Å²) in [4.78, 5) is 11.8. The van der Waals surface area contributed by atoms with E-state index in [1.807, 2.05) is 0 Å². The fourth-order valence-corrected chi connectivity index (χ4v) is 1.57. The molecule has 76 valence electrons. The molecule has 0 bridgehead atoms. The average Bonchev–Trinajstić information content (AvgIpc) is 2.31. The molecule has 0 aromatic carbocycles. The van der Waals surface area contributed by atoms with E-state index in [2.05, 4.69) is 0 Å². The molecule has 13 heavy (non-hydrogen) atoms. The van der Waals surface area contributed by atoms with Crippen molar-refractivity contribution in [2.75, 3.05) is 13.1 Å². The van der Waals surface area contributed by atoms with Crippen molar-refractivity contribution in [2.24, 2.45) is 5.73 Å². The van der Waals surface area contributed by atoms with Gasteiger partial charge in [0.15, 0.2) is 0 Å². The van der Waals surface area contributed by atoms with E-state index in [1.54, 1.807) is 0 Å². The molecule has 0 aromatic rings. The molecule has 2 N–H and O–H groups in total. The molecule has 3 nitrogen and oxygen atoms in total. The number of halogens is 3. The summed E-state index contributed by atoms with van der Waals surface area (Å²) in [7, 11) is 0. The summed E-state index contributed by atoms with van der Waals surface area (Å²) in [5, 5.41) is 0. The molecule has 1 saturated heterocycles. The SMILES string of the molecule is NC(=O)[C@@H]1CCCN1CC(F)(F)F.